The highest BCUT2D eigenvalue weighted by atomic mass is 16.5. The fraction of sp³-hybridized carbons (Fsp3) is 0.571. The highest BCUT2D eigenvalue weighted by molar-refractivity contribution is 5.95. The third-order valence-electron chi connectivity index (χ3n) is 3.22. The lowest BCUT2D eigenvalue weighted by Crippen LogP contribution is -2.20. The van der Waals surface area contributed by atoms with Gasteiger partial charge in [0.1, 0.15) is 11.4 Å². The molecule has 2 rings (SSSR count). The van der Waals surface area contributed by atoms with Gasteiger partial charge in [0.2, 0.25) is 0 Å². The summed E-state index contributed by atoms with van der Waals surface area (Å²) < 4.78 is 6.93. The van der Waals surface area contributed by atoms with Crippen LogP contribution in [-0.4, -0.2) is 22.4 Å². The van der Waals surface area contributed by atoms with Crippen molar-refractivity contribution in [1.82, 2.24) is 9.78 Å². The maximum absolute atomic E-state index is 11.9. The number of rotatable bonds is 5. The maximum Gasteiger partial charge on any atom is 0.343 e. The molecule has 104 valence electrons. The highest BCUT2D eigenvalue weighted by Gasteiger charge is 2.25. The van der Waals surface area contributed by atoms with E-state index in [-0.39, 0.29) is 12.0 Å². The van der Waals surface area contributed by atoms with Crippen LogP contribution in [0, 0.1) is 0 Å². The van der Waals surface area contributed by atoms with Crippen molar-refractivity contribution in [1.29, 1.82) is 0 Å². The number of ether oxygens (including phenoxy) is 1. The number of aromatic nitrogens is 2. The van der Waals surface area contributed by atoms with Crippen molar-refractivity contribution in [2.75, 3.05) is 11.9 Å². The van der Waals surface area contributed by atoms with Crippen molar-refractivity contribution in [2.24, 2.45) is 0 Å². The zero-order chi connectivity index (χ0) is 13.8. The van der Waals surface area contributed by atoms with E-state index in [9.17, 15) is 4.79 Å². The number of carbonyl (C=O) groups excluding carboxylic acids is 1. The highest BCUT2D eigenvalue weighted by Crippen LogP contribution is 2.31. The molecule has 0 spiro atoms. The molecule has 1 aromatic rings. The molecule has 1 unspecified atom stereocenters. The molecule has 0 amide bonds. The molecule has 0 radical (unpaired) electrons. The number of anilines is 1. The van der Waals surface area contributed by atoms with Gasteiger partial charge in [0.15, 0.2) is 0 Å². The van der Waals surface area contributed by atoms with Gasteiger partial charge in [-0.1, -0.05) is 20.3 Å². The summed E-state index contributed by atoms with van der Waals surface area (Å²) >= 11 is 0. The molecule has 0 saturated heterocycles. The minimum Gasteiger partial charge on any atom is -0.462 e. The van der Waals surface area contributed by atoms with E-state index in [2.05, 4.69) is 30.3 Å². The second-order valence-corrected chi connectivity index (χ2v) is 4.61. The number of nitrogens with one attached hydrogen (secondary N) is 1. The van der Waals surface area contributed by atoms with Gasteiger partial charge in [-0.3, -0.25) is 0 Å². The van der Waals surface area contributed by atoms with Crippen molar-refractivity contribution in [2.45, 2.75) is 46.1 Å². The van der Waals surface area contributed by atoms with E-state index in [0.717, 1.165) is 30.8 Å². The van der Waals surface area contributed by atoms with Crippen LogP contribution in [0.5, 0.6) is 0 Å². The fourth-order valence-electron chi connectivity index (χ4n) is 2.30. The Morgan fingerprint density at radius 3 is 2.89 bits per heavy atom. The van der Waals surface area contributed by atoms with Crippen LogP contribution in [0.25, 0.3) is 0 Å². The average Bonchev–Trinajstić information content (AvgIpc) is 2.82. The smallest absolute Gasteiger partial charge is 0.343 e. The molecule has 0 bridgehead atoms. The van der Waals surface area contributed by atoms with Crippen LogP contribution in [0.4, 0.5) is 5.82 Å². The lowest BCUT2D eigenvalue weighted by Gasteiger charge is -2.24. The Balaban J connectivity index is 2.32. The maximum atomic E-state index is 11.9. The van der Waals surface area contributed by atoms with E-state index in [1.54, 1.807) is 13.1 Å². The van der Waals surface area contributed by atoms with Gasteiger partial charge in [-0.05, 0) is 25.8 Å². The second kappa shape index (κ2) is 5.91. The molecule has 0 fully saturated rings. The van der Waals surface area contributed by atoms with Gasteiger partial charge in [0, 0.05) is 5.70 Å². The third-order valence-corrected chi connectivity index (χ3v) is 3.22. The number of nitrogens with zero attached hydrogens (tertiary/aromatic N) is 2. The van der Waals surface area contributed by atoms with E-state index in [0.29, 0.717) is 12.2 Å². The van der Waals surface area contributed by atoms with Crippen LogP contribution in [0.3, 0.4) is 0 Å². The lowest BCUT2D eigenvalue weighted by molar-refractivity contribution is 0.0527. The number of hydrogen-bond acceptors (Lipinski definition) is 4. The number of allylic oxidation sites excluding steroid dienone is 2. The van der Waals surface area contributed by atoms with Crippen molar-refractivity contribution in [3.63, 3.8) is 0 Å². The van der Waals surface area contributed by atoms with Crippen molar-refractivity contribution >= 4 is 11.8 Å². The minimum absolute atomic E-state index is 0.209. The van der Waals surface area contributed by atoms with E-state index >= 15 is 0 Å². The van der Waals surface area contributed by atoms with Gasteiger partial charge in [-0.15, -0.1) is 0 Å². The van der Waals surface area contributed by atoms with Crippen molar-refractivity contribution < 1.29 is 9.53 Å². The largest absolute Gasteiger partial charge is 0.462 e. The predicted octanol–water partition coefficient (Wildman–Crippen LogP) is 3.12. The monoisotopic (exact) mass is 263 g/mol. The van der Waals surface area contributed by atoms with Gasteiger partial charge in [-0.2, -0.15) is 5.10 Å². The molecule has 0 aliphatic carbocycles. The van der Waals surface area contributed by atoms with E-state index in [1.165, 1.54) is 0 Å². The summed E-state index contributed by atoms with van der Waals surface area (Å²) in [4.78, 5) is 11.9. The van der Waals surface area contributed by atoms with Crippen molar-refractivity contribution in [3.05, 3.63) is 23.5 Å². The summed E-state index contributed by atoms with van der Waals surface area (Å²) in [7, 11) is 0. The van der Waals surface area contributed by atoms with Crippen molar-refractivity contribution in [3.8, 4) is 0 Å². The van der Waals surface area contributed by atoms with E-state index < -0.39 is 0 Å². The molecule has 0 aromatic carbocycles. The van der Waals surface area contributed by atoms with Gasteiger partial charge >= 0.3 is 5.97 Å². The Hall–Kier alpha value is -1.78. The number of esters is 1. The lowest BCUT2D eigenvalue weighted by atomic mass is 10.1. The van der Waals surface area contributed by atoms with Gasteiger partial charge in [-0.25, -0.2) is 9.48 Å². The predicted molar refractivity (Wildman–Crippen MR) is 74.1 cm³/mol. The fourth-order valence-corrected chi connectivity index (χ4v) is 2.30. The summed E-state index contributed by atoms with van der Waals surface area (Å²) in [5.41, 5.74) is 1.68. The average molecular weight is 263 g/mol. The van der Waals surface area contributed by atoms with Crippen LogP contribution in [0.1, 0.15) is 56.4 Å². The molecule has 1 aliphatic heterocycles. The van der Waals surface area contributed by atoms with Gasteiger partial charge in [0.05, 0.1) is 18.8 Å². The van der Waals surface area contributed by atoms with Gasteiger partial charge in [0.25, 0.3) is 0 Å². The summed E-state index contributed by atoms with van der Waals surface area (Å²) in [5.74, 6) is 0.445. The normalized spacial score (nSPS) is 17.4. The zero-order valence-electron chi connectivity index (χ0n) is 11.8. The Labute approximate surface area is 113 Å². The topological polar surface area (TPSA) is 56.2 Å². The minimum atomic E-state index is -0.316. The molecular formula is C14H21N3O2. The zero-order valence-corrected chi connectivity index (χ0v) is 11.8. The summed E-state index contributed by atoms with van der Waals surface area (Å²) in [6.45, 7) is 6.43. The Morgan fingerprint density at radius 1 is 1.47 bits per heavy atom. The molecule has 1 aliphatic rings. The summed E-state index contributed by atoms with van der Waals surface area (Å²) in [6.07, 6.45) is 6.78. The van der Waals surface area contributed by atoms with Crippen LogP contribution >= 0.6 is 0 Å². The first-order chi connectivity index (χ1) is 9.21. The molecule has 1 aromatic heterocycles. The molecular weight excluding hydrogens is 242 g/mol. The van der Waals surface area contributed by atoms with Crippen LogP contribution in [-0.2, 0) is 4.74 Å². The SMILES string of the molecule is CCCC1=CC(CC)n2ncc(C(=O)OCC)c2N1. The number of fused-ring (bicyclic) bond motifs is 1. The summed E-state index contributed by atoms with van der Waals surface area (Å²) in [6, 6.07) is 0.209. The second-order valence-electron chi connectivity index (χ2n) is 4.61. The molecule has 1 atom stereocenters. The molecule has 19 heavy (non-hydrogen) atoms. The quantitative estimate of drug-likeness (QED) is 0.829. The first kappa shape index (κ1) is 13.6. The summed E-state index contributed by atoms with van der Waals surface area (Å²) in [5, 5.41) is 7.63. The Kier molecular flexibility index (Phi) is 4.24. The van der Waals surface area contributed by atoms with Crippen LogP contribution in [0.2, 0.25) is 0 Å². The standard InChI is InChI=1S/C14H21N3O2/c1-4-7-10-8-11(5-2)17-13(16-10)12(9-15-17)14(18)19-6-3/h8-9,11,16H,4-7H2,1-3H3. The van der Waals surface area contributed by atoms with Gasteiger partial charge < -0.3 is 10.1 Å². The molecule has 0 saturated carbocycles. The third kappa shape index (κ3) is 2.64. The van der Waals surface area contributed by atoms with Crippen LogP contribution < -0.4 is 5.32 Å². The first-order valence-corrected chi connectivity index (χ1v) is 6.93. The molecule has 2 heterocycles. The van der Waals surface area contributed by atoms with E-state index in [1.807, 2.05) is 4.68 Å². The molecule has 5 heteroatoms. The Bertz CT molecular complexity index is 491. The number of hydrogen-bond donors (Lipinski definition) is 1. The van der Waals surface area contributed by atoms with E-state index in [4.69, 9.17) is 4.74 Å². The molecule has 1 N–H and O–H groups in total. The van der Waals surface area contributed by atoms with Crippen LogP contribution in [0.15, 0.2) is 18.0 Å². The Morgan fingerprint density at radius 2 is 2.26 bits per heavy atom. The number of carbonyl (C=O) groups is 1. The first-order valence-electron chi connectivity index (χ1n) is 6.93. The molecule has 5 nitrogen and oxygen atoms in total.